The van der Waals surface area contributed by atoms with Crippen LogP contribution in [0, 0.1) is 5.92 Å². The van der Waals surface area contributed by atoms with E-state index in [1.807, 2.05) is 0 Å². The standard InChI is InChI=1S/C20H37N5O2/c1-2-10-24(9-1)18-14-15(5-8-21-18)19-22-20(27-23-19)17-4-3-11-25(17)16-6-12-26-13-7-16/h15-23H,1-14H2/t15?,17-,18?,19?,20?/m1/s1. The lowest BCUT2D eigenvalue weighted by Crippen LogP contribution is -2.55. The second-order valence-corrected chi connectivity index (χ2v) is 9.09. The summed E-state index contributed by atoms with van der Waals surface area (Å²) in [5.74, 6) is 0.639. The van der Waals surface area contributed by atoms with Crippen LogP contribution in [0.15, 0.2) is 0 Å². The Balaban J connectivity index is 1.17. The highest BCUT2D eigenvalue weighted by molar-refractivity contribution is 4.94. The highest BCUT2D eigenvalue weighted by atomic mass is 16.7. The largest absolute Gasteiger partial charge is 0.381 e. The van der Waals surface area contributed by atoms with Crippen molar-refractivity contribution in [3.8, 4) is 0 Å². The maximum atomic E-state index is 6.12. The van der Waals surface area contributed by atoms with E-state index in [1.165, 1.54) is 71.0 Å². The molecule has 0 radical (unpaired) electrons. The van der Waals surface area contributed by atoms with Gasteiger partial charge in [-0.15, -0.1) is 0 Å². The second-order valence-electron chi connectivity index (χ2n) is 9.09. The molecule has 3 N–H and O–H groups in total. The maximum Gasteiger partial charge on any atom is 0.146 e. The third kappa shape index (κ3) is 4.06. The lowest BCUT2D eigenvalue weighted by Gasteiger charge is -2.38. The molecule has 27 heavy (non-hydrogen) atoms. The summed E-state index contributed by atoms with van der Waals surface area (Å²) in [5.41, 5.74) is 3.38. The summed E-state index contributed by atoms with van der Waals surface area (Å²) >= 11 is 0. The number of hydrogen-bond donors (Lipinski definition) is 3. The molecule has 0 aromatic carbocycles. The predicted octanol–water partition coefficient (Wildman–Crippen LogP) is 0.828. The minimum Gasteiger partial charge on any atom is -0.381 e. The lowest BCUT2D eigenvalue weighted by atomic mass is 9.92. The third-order valence-corrected chi connectivity index (χ3v) is 7.49. The summed E-state index contributed by atoms with van der Waals surface area (Å²) in [5, 5.41) is 7.57. The molecule has 7 nitrogen and oxygen atoms in total. The van der Waals surface area contributed by atoms with Crippen molar-refractivity contribution in [1.29, 1.82) is 0 Å². The number of piperidine rings is 1. The number of hydrogen-bond acceptors (Lipinski definition) is 7. The molecule has 5 heterocycles. The zero-order valence-corrected chi connectivity index (χ0v) is 16.6. The van der Waals surface area contributed by atoms with E-state index in [0.717, 1.165) is 19.8 Å². The van der Waals surface area contributed by atoms with Gasteiger partial charge in [0.15, 0.2) is 0 Å². The average Bonchev–Trinajstić information content (AvgIpc) is 3.50. The van der Waals surface area contributed by atoms with Crippen molar-refractivity contribution in [1.82, 2.24) is 25.9 Å². The quantitative estimate of drug-likeness (QED) is 0.669. The predicted molar refractivity (Wildman–Crippen MR) is 104 cm³/mol. The van der Waals surface area contributed by atoms with E-state index in [4.69, 9.17) is 9.57 Å². The molecule has 5 fully saturated rings. The SMILES string of the molecule is C1CCN(C2CC(C3NOC([C@H]4CCCN4C4CCOCC4)N3)CCN2)C1. The molecule has 5 aliphatic rings. The van der Waals surface area contributed by atoms with Crippen LogP contribution >= 0.6 is 0 Å². The number of hydroxylamine groups is 1. The van der Waals surface area contributed by atoms with Crippen LogP contribution in [0.2, 0.25) is 0 Å². The molecule has 154 valence electrons. The molecule has 5 aliphatic heterocycles. The zero-order valence-electron chi connectivity index (χ0n) is 16.6. The highest BCUT2D eigenvalue weighted by Gasteiger charge is 2.43. The summed E-state index contributed by atoms with van der Waals surface area (Å²) in [6.45, 7) is 6.69. The van der Waals surface area contributed by atoms with Crippen molar-refractivity contribution in [2.24, 2.45) is 5.92 Å². The van der Waals surface area contributed by atoms with Crippen LogP contribution in [-0.4, -0.2) is 79.8 Å². The summed E-state index contributed by atoms with van der Waals surface area (Å²) in [6.07, 6.45) is 11.0. The van der Waals surface area contributed by atoms with Gasteiger partial charge < -0.3 is 10.1 Å². The molecule has 0 saturated carbocycles. The molecule has 0 bridgehead atoms. The summed E-state index contributed by atoms with van der Waals surface area (Å²) in [4.78, 5) is 11.5. The van der Waals surface area contributed by atoms with Crippen molar-refractivity contribution >= 4 is 0 Å². The van der Waals surface area contributed by atoms with Gasteiger partial charge >= 0.3 is 0 Å². The number of likely N-dealkylation sites (tertiary alicyclic amines) is 2. The molecule has 5 atom stereocenters. The Morgan fingerprint density at radius 2 is 1.74 bits per heavy atom. The van der Waals surface area contributed by atoms with E-state index in [-0.39, 0.29) is 6.23 Å². The molecular formula is C20H37N5O2. The fourth-order valence-electron chi connectivity index (χ4n) is 5.98. The van der Waals surface area contributed by atoms with Gasteiger partial charge in [-0.25, -0.2) is 0 Å². The molecule has 0 aliphatic carbocycles. The molecular weight excluding hydrogens is 342 g/mol. The van der Waals surface area contributed by atoms with Gasteiger partial charge in [0, 0.05) is 19.3 Å². The van der Waals surface area contributed by atoms with Crippen molar-refractivity contribution < 1.29 is 9.57 Å². The highest BCUT2D eigenvalue weighted by Crippen LogP contribution is 2.31. The number of nitrogens with zero attached hydrogens (tertiary/aromatic N) is 2. The van der Waals surface area contributed by atoms with Gasteiger partial charge in [-0.05, 0) is 83.5 Å². The van der Waals surface area contributed by atoms with Crippen LogP contribution in [0.1, 0.15) is 51.4 Å². The maximum absolute atomic E-state index is 6.12. The Morgan fingerprint density at radius 1 is 0.889 bits per heavy atom. The van der Waals surface area contributed by atoms with Crippen LogP contribution in [0.5, 0.6) is 0 Å². The first kappa shape index (κ1) is 18.7. The van der Waals surface area contributed by atoms with E-state index >= 15 is 0 Å². The van der Waals surface area contributed by atoms with E-state index in [0.29, 0.717) is 30.3 Å². The Kier molecular flexibility index (Phi) is 5.97. The Labute approximate surface area is 163 Å². The van der Waals surface area contributed by atoms with Crippen LogP contribution in [0.25, 0.3) is 0 Å². The number of nitrogens with one attached hydrogen (secondary N) is 3. The molecule has 5 rings (SSSR count). The zero-order chi connectivity index (χ0) is 18.1. The first-order valence-corrected chi connectivity index (χ1v) is 11.4. The Bertz CT molecular complexity index is 483. The molecule has 0 aromatic heterocycles. The van der Waals surface area contributed by atoms with Crippen LogP contribution in [0.3, 0.4) is 0 Å². The Hall–Kier alpha value is -0.280. The van der Waals surface area contributed by atoms with Crippen molar-refractivity contribution in [2.75, 3.05) is 39.4 Å². The normalized spacial score (nSPS) is 42.9. The smallest absolute Gasteiger partial charge is 0.146 e. The van der Waals surface area contributed by atoms with Crippen molar-refractivity contribution in [2.45, 2.75) is 82.0 Å². The second kappa shape index (κ2) is 8.61. The Morgan fingerprint density at radius 3 is 2.59 bits per heavy atom. The van der Waals surface area contributed by atoms with E-state index < -0.39 is 0 Å². The molecule has 7 heteroatoms. The van der Waals surface area contributed by atoms with Gasteiger partial charge in [-0.2, -0.15) is 5.48 Å². The molecule has 0 spiro atoms. The minimum atomic E-state index is 0.125. The molecule has 0 aromatic rings. The van der Waals surface area contributed by atoms with Gasteiger partial charge in [0.2, 0.25) is 0 Å². The topological polar surface area (TPSA) is 61.0 Å². The molecule has 0 amide bonds. The van der Waals surface area contributed by atoms with Crippen molar-refractivity contribution in [3.63, 3.8) is 0 Å². The lowest BCUT2D eigenvalue weighted by molar-refractivity contribution is -0.0464. The molecule has 4 unspecified atom stereocenters. The van der Waals surface area contributed by atoms with Crippen molar-refractivity contribution in [3.05, 3.63) is 0 Å². The van der Waals surface area contributed by atoms with E-state index in [9.17, 15) is 0 Å². The van der Waals surface area contributed by atoms with Gasteiger partial charge in [0.1, 0.15) is 6.23 Å². The van der Waals surface area contributed by atoms with E-state index in [2.05, 4.69) is 25.9 Å². The fraction of sp³-hybridized carbons (Fsp3) is 1.00. The third-order valence-electron chi connectivity index (χ3n) is 7.49. The monoisotopic (exact) mass is 379 g/mol. The van der Waals surface area contributed by atoms with Crippen LogP contribution < -0.4 is 16.1 Å². The van der Waals surface area contributed by atoms with E-state index in [1.54, 1.807) is 0 Å². The minimum absolute atomic E-state index is 0.125. The number of ether oxygens (including phenoxy) is 1. The number of rotatable bonds is 4. The molecule has 5 saturated heterocycles. The summed E-state index contributed by atoms with van der Waals surface area (Å²) in [6, 6.07) is 1.18. The summed E-state index contributed by atoms with van der Waals surface area (Å²) in [7, 11) is 0. The van der Waals surface area contributed by atoms with Gasteiger partial charge in [-0.3, -0.25) is 20.0 Å². The van der Waals surface area contributed by atoms with Gasteiger partial charge in [-0.1, -0.05) is 0 Å². The first-order valence-electron chi connectivity index (χ1n) is 11.4. The van der Waals surface area contributed by atoms with Gasteiger partial charge in [0.05, 0.1) is 18.4 Å². The van der Waals surface area contributed by atoms with Crippen LogP contribution in [-0.2, 0) is 9.57 Å². The first-order chi connectivity index (χ1) is 13.4. The summed E-state index contributed by atoms with van der Waals surface area (Å²) < 4.78 is 5.57. The average molecular weight is 380 g/mol. The van der Waals surface area contributed by atoms with Crippen LogP contribution in [0.4, 0.5) is 0 Å². The van der Waals surface area contributed by atoms with Gasteiger partial charge in [0.25, 0.3) is 0 Å². The fourth-order valence-corrected chi connectivity index (χ4v) is 5.98.